The van der Waals surface area contributed by atoms with Gasteiger partial charge in [0.25, 0.3) is 11.8 Å². The van der Waals surface area contributed by atoms with Crippen LogP contribution >= 0.6 is 0 Å². The summed E-state index contributed by atoms with van der Waals surface area (Å²) < 4.78 is 50.5. The number of hydrogen-bond donors (Lipinski definition) is 2. The molecule has 0 spiro atoms. The minimum Gasteiger partial charge on any atom is -0.493 e. The van der Waals surface area contributed by atoms with Crippen molar-refractivity contribution >= 4 is 63.9 Å². The van der Waals surface area contributed by atoms with Gasteiger partial charge in [0.15, 0.2) is 18.1 Å². The van der Waals surface area contributed by atoms with E-state index >= 15 is 9.18 Å². The molecule has 21 nitrogen and oxygen atoms in total. The molecule has 4 aromatic carbocycles. The Morgan fingerprint density at radius 1 is 0.747 bits per heavy atom. The Bertz CT molecular complexity index is 3250. The maximum absolute atomic E-state index is 15.7. The highest BCUT2D eigenvalue weighted by molar-refractivity contribution is 6.38. The zero-order valence-corrected chi connectivity index (χ0v) is 54.6. The van der Waals surface area contributed by atoms with Gasteiger partial charge in [0.2, 0.25) is 29.4 Å². The highest BCUT2D eigenvalue weighted by Gasteiger charge is 2.43. The van der Waals surface area contributed by atoms with Crippen LogP contribution in [0, 0.1) is 11.2 Å². The van der Waals surface area contributed by atoms with Gasteiger partial charge in [0, 0.05) is 52.8 Å². The molecular weight excluding hydrogens is 1170 g/mol. The summed E-state index contributed by atoms with van der Waals surface area (Å²) in [4.78, 5) is 133. The molecule has 6 amide bonds. The van der Waals surface area contributed by atoms with Crippen LogP contribution in [0.1, 0.15) is 129 Å². The van der Waals surface area contributed by atoms with Crippen molar-refractivity contribution < 1.29 is 76.0 Å². The average Bonchev–Trinajstić information content (AvgIpc) is 1.15. The molecule has 494 valence electrons. The van der Waals surface area contributed by atoms with Gasteiger partial charge < -0.3 is 58.7 Å². The number of benzene rings is 4. The first kappa shape index (κ1) is 71.7. The molecule has 0 unspecified atom stereocenters. The topological polar surface area (TPSA) is 246 Å². The SMILES string of the molecule is CCCC[C@H]1C(=O)N[C@@H](Cc2ccc3ccccc3c2)C(=O)N(C)[C@@H](COC(C)(C)C)C(=O)NCC(=O)N(C)CCCC/C=C/C(=O)OCC(C)(C)C(=O)C(=O)N2CCCC[C@H]2C(=O)O[C@H](CCc2cc(OC)c(OC)cc2F)c2cccc(c2)OCC(=O)N1C. The Labute approximate surface area is 533 Å². The second kappa shape index (κ2) is 33.6. The van der Waals surface area contributed by atoms with E-state index in [0.717, 1.165) is 10.8 Å². The van der Waals surface area contributed by atoms with Crippen LogP contribution in [0.2, 0.25) is 0 Å². The fourth-order valence-corrected chi connectivity index (χ4v) is 10.7. The second-order valence-electron chi connectivity index (χ2n) is 24.9. The second-order valence-corrected chi connectivity index (χ2v) is 24.9. The van der Waals surface area contributed by atoms with Crippen LogP contribution in [-0.4, -0.2) is 177 Å². The van der Waals surface area contributed by atoms with Crippen molar-refractivity contribution in [2.45, 2.75) is 154 Å². The molecule has 2 N–H and O–H groups in total. The lowest BCUT2D eigenvalue weighted by atomic mass is 9.87. The molecule has 2 aliphatic rings. The summed E-state index contributed by atoms with van der Waals surface area (Å²) in [5, 5.41) is 7.51. The molecule has 5 atom stereocenters. The zero-order chi connectivity index (χ0) is 66.6. The number of likely N-dealkylation sites (N-methyl/N-ethyl adjacent to an activating group) is 3. The molecule has 2 bridgehead atoms. The summed E-state index contributed by atoms with van der Waals surface area (Å²) in [7, 11) is 7.30. The number of nitrogens with one attached hydrogen (secondary N) is 2. The summed E-state index contributed by atoms with van der Waals surface area (Å²) in [6.07, 6.45) is 5.81. The molecule has 2 aliphatic heterocycles. The van der Waals surface area contributed by atoms with Crippen LogP contribution in [0.5, 0.6) is 17.2 Å². The van der Waals surface area contributed by atoms with Crippen molar-refractivity contribution in [3.05, 3.63) is 114 Å². The van der Waals surface area contributed by atoms with E-state index < -0.39 is 120 Å². The van der Waals surface area contributed by atoms with Crippen LogP contribution in [-0.2, 0) is 70.2 Å². The van der Waals surface area contributed by atoms with Gasteiger partial charge in [-0.05, 0) is 138 Å². The van der Waals surface area contributed by atoms with Gasteiger partial charge in [0.1, 0.15) is 48.4 Å². The third-order valence-corrected chi connectivity index (χ3v) is 16.4. The largest absolute Gasteiger partial charge is 0.493 e. The van der Waals surface area contributed by atoms with Crippen molar-refractivity contribution in [1.29, 1.82) is 0 Å². The number of nitrogens with zero attached hydrogens (tertiary/aromatic N) is 4. The van der Waals surface area contributed by atoms with Gasteiger partial charge in [-0.15, -0.1) is 0 Å². The van der Waals surface area contributed by atoms with E-state index in [4.69, 9.17) is 28.4 Å². The number of aryl methyl sites for hydroxylation is 1. The molecule has 0 aromatic heterocycles. The first-order valence-electron chi connectivity index (χ1n) is 31.2. The van der Waals surface area contributed by atoms with Gasteiger partial charge >= 0.3 is 11.9 Å². The third-order valence-electron chi connectivity index (χ3n) is 16.4. The lowest BCUT2D eigenvalue weighted by Crippen LogP contribution is -2.59. The number of Topliss-reactive ketones (excluding diaryl/α,β-unsaturated/α-hetero) is 1. The van der Waals surface area contributed by atoms with Crippen LogP contribution in [0.3, 0.4) is 0 Å². The number of fused-ring (bicyclic) bond motifs is 4. The Morgan fingerprint density at radius 3 is 2.18 bits per heavy atom. The number of allylic oxidation sites excluding steroid dienone is 1. The van der Waals surface area contributed by atoms with Crippen LogP contribution in [0.15, 0.2) is 91.0 Å². The molecule has 91 heavy (non-hydrogen) atoms. The lowest BCUT2D eigenvalue weighted by Gasteiger charge is -2.36. The highest BCUT2D eigenvalue weighted by atomic mass is 19.1. The van der Waals surface area contributed by atoms with E-state index in [1.807, 2.05) is 49.4 Å². The molecule has 0 aliphatic carbocycles. The van der Waals surface area contributed by atoms with Gasteiger partial charge in [-0.25, -0.2) is 14.0 Å². The predicted octanol–water partition coefficient (Wildman–Crippen LogP) is 7.81. The van der Waals surface area contributed by atoms with Crippen molar-refractivity contribution in [3.8, 4) is 17.2 Å². The van der Waals surface area contributed by atoms with E-state index in [-0.39, 0.29) is 68.1 Å². The van der Waals surface area contributed by atoms with Crippen molar-refractivity contribution in [2.75, 3.05) is 74.8 Å². The maximum Gasteiger partial charge on any atom is 0.330 e. The highest BCUT2D eigenvalue weighted by Crippen LogP contribution is 2.34. The van der Waals surface area contributed by atoms with Gasteiger partial charge in [-0.1, -0.05) is 80.4 Å². The van der Waals surface area contributed by atoms with E-state index in [1.165, 1.54) is 80.0 Å². The Hall–Kier alpha value is -8.40. The maximum atomic E-state index is 15.7. The average molecular weight is 1260 g/mol. The fourth-order valence-electron chi connectivity index (χ4n) is 10.7. The Balaban J connectivity index is 1.34. The molecule has 1 fully saturated rings. The number of unbranched alkanes of at least 4 members (excludes halogenated alkanes) is 1. The number of halogens is 1. The number of hydrogen-bond acceptors (Lipinski definition) is 15. The molecule has 0 saturated carbocycles. The summed E-state index contributed by atoms with van der Waals surface area (Å²) in [6, 6.07) is 17.6. The smallest absolute Gasteiger partial charge is 0.330 e. The van der Waals surface area contributed by atoms with Crippen molar-refractivity contribution in [3.63, 3.8) is 0 Å². The van der Waals surface area contributed by atoms with E-state index in [9.17, 15) is 38.4 Å². The minimum absolute atomic E-state index is 0.000972. The fraction of sp³-hybridized carbons (Fsp3) is 0.522. The van der Waals surface area contributed by atoms with Gasteiger partial charge in [-0.2, -0.15) is 0 Å². The van der Waals surface area contributed by atoms with Crippen LogP contribution in [0.25, 0.3) is 10.8 Å². The van der Waals surface area contributed by atoms with Crippen molar-refractivity contribution in [1.82, 2.24) is 30.2 Å². The number of amides is 6. The first-order valence-corrected chi connectivity index (χ1v) is 31.2. The summed E-state index contributed by atoms with van der Waals surface area (Å²) in [6.45, 7) is 8.96. The zero-order valence-electron chi connectivity index (χ0n) is 54.6. The quantitative estimate of drug-likeness (QED) is 0.101. The number of carbonyl (C=O) groups is 9. The Morgan fingerprint density at radius 2 is 1.46 bits per heavy atom. The number of ether oxygens (including phenoxy) is 6. The summed E-state index contributed by atoms with van der Waals surface area (Å²) >= 11 is 0. The number of rotatable bonds is 12. The number of cyclic esters (lactones) is 2. The minimum atomic E-state index is -1.50. The predicted molar refractivity (Wildman–Crippen MR) is 339 cm³/mol. The van der Waals surface area contributed by atoms with Crippen molar-refractivity contribution in [2.24, 2.45) is 5.41 Å². The van der Waals surface area contributed by atoms with E-state index in [2.05, 4.69) is 10.6 Å². The first-order chi connectivity index (χ1) is 43.2. The number of carbonyl (C=O) groups excluding carboxylic acids is 9. The Kier molecular flexibility index (Phi) is 26.5. The van der Waals surface area contributed by atoms with Gasteiger partial charge in [0.05, 0.1) is 38.4 Å². The molecule has 6 rings (SSSR count). The monoisotopic (exact) mass is 1260 g/mol. The third kappa shape index (κ3) is 20.6. The molecule has 4 aromatic rings. The van der Waals surface area contributed by atoms with Crippen LogP contribution in [0.4, 0.5) is 4.39 Å². The van der Waals surface area contributed by atoms with E-state index in [1.54, 1.807) is 58.2 Å². The van der Waals surface area contributed by atoms with E-state index in [0.29, 0.717) is 62.6 Å². The number of piperidine rings is 1. The molecular formula is C69H91FN6O15. The molecule has 0 radical (unpaired) electrons. The number of methoxy groups -OCH3 is 2. The van der Waals surface area contributed by atoms with Gasteiger partial charge in [-0.3, -0.25) is 33.6 Å². The lowest BCUT2D eigenvalue weighted by molar-refractivity contribution is -0.165. The molecule has 1 saturated heterocycles. The summed E-state index contributed by atoms with van der Waals surface area (Å²) in [5.74, 6) is -6.35. The summed E-state index contributed by atoms with van der Waals surface area (Å²) in [5.41, 5.74) is -0.947. The van der Waals surface area contributed by atoms with Crippen LogP contribution < -0.4 is 24.8 Å². The number of esters is 2. The molecule has 2 heterocycles. The number of ketones is 1. The standard InChI is InChI=1S/C69H91FN6O15/c1-12-13-27-53-64(82)72-52(37-45-30-31-46-23-17-18-24-47(46)36-45)65(83)75(9)55(42-90-68(2,3)4)63(81)71-41-59(77)73(7)34-20-15-14-16-29-61(79)89-44-69(5,6)62(80)66(84)76-35-21-19-28-54(76)67(85)91-56(33-32-48-39-57(86-10)58(87-11)40-51(48)70)49-25-22-26-50(38-49)88-43-60(78)74(53)8/h16-18,22-26,29-31,36,38-40,52-56H,12-15,19-21,27-28,32-35,37,41-44H2,1-11H3,(H,71,81)(H,72,82)/b29-16+/t52-,53-,54-,55-,56+/m0/s1. The molecule has 22 heteroatoms. The normalized spacial score (nSPS) is 21.9.